The summed E-state index contributed by atoms with van der Waals surface area (Å²) in [4.78, 5) is 12.1. The molecule has 0 saturated carbocycles. The summed E-state index contributed by atoms with van der Waals surface area (Å²) < 4.78 is 2.20. The topological polar surface area (TPSA) is 46.1 Å². The summed E-state index contributed by atoms with van der Waals surface area (Å²) in [5.41, 5.74) is 6.49. The van der Waals surface area contributed by atoms with Gasteiger partial charge in [0.2, 0.25) is 0 Å². The van der Waals surface area contributed by atoms with Gasteiger partial charge in [0.15, 0.2) is 0 Å². The van der Waals surface area contributed by atoms with Gasteiger partial charge in [-0.3, -0.25) is 0 Å². The minimum Gasteiger partial charge on any atom is -0.334 e. The van der Waals surface area contributed by atoms with E-state index < -0.39 is 0 Å². The van der Waals surface area contributed by atoms with Crippen molar-refractivity contribution in [2.45, 2.75) is 27.3 Å². The predicted octanol–water partition coefficient (Wildman–Crippen LogP) is 4.72. The van der Waals surface area contributed by atoms with Gasteiger partial charge in [-0.1, -0.05) is 35.9 Å². The van der Waals surface area contributed by atoms with Crippen molar-refractivity contribution in [2.75, 3.05) is 5.32 Å². The molecule has 3 rings (SSSR count). The number of amides is 2. The molecule has 0 aliphatic heterocycles. The molecule has 4 heteroatoms. The van der Waals surface area contributed by atoms with Crippen molar-refractivity contribution < 1.29 is 4.79 Å². The predicted molar refractivity (Wildman–Crippen MR) is 102 cm³/mol. The maximum absolute atomic E-state index is 12.1. The van der Waals surface area contributed by atoms with Crippen LogP contribution in [0.4, 0.5) is 10.5 Å². The number of hydrogen-bond donors (Lipinski definition) is 2. The molecule has 0 atom stereocenters. The quantitative estimate of drug-likeness (QED) is 0.713. The molecule has 3 aromatic rings. The number of nitrogens with zero attached hydrogens (tertiary/aromatic N) is 1. The van der Waals surface area contributed by atoms with Crippen molar-refractivity contribution in [3.05, 3.63) is 83.2 Å². The second-order valence-electron chi connectivity index (χ2n) is 6.24. The molecule has 0 bridgehead atoms. The van der Waals surface area contributed by atoms with Crippen LogP contribution in [0.15, 0.2) is 60.7 Å². The smallest absolute Gasteiger partial charge is 0.319 e. The van der Waals surface area contributed by atoms with Crippen LogP contribution in [-0.4, -0.2) is 10.6 Å². The average Bonchev–Trinajstić information content (AvgIpc) is 2.89. The van der Waals surface area contributed by atoms with Gasteiger partial charge in [-0.25, -0.2) is 4.79 Å². The van der Waals surface area contributed by atoms with Gasteiger partial charge in [0.05, 0.1) is 0 Å². The van der Waals surface area contributed by atoms with Gasteiger partial charge in [-0.05, 0) is 56.7 Å². The molecule has 25 heavy (non-hydrogen) atoms. The van der Waals surface area contributed by atoms with E-state index in [0.717, 1.165) is 28.3 Å². The number of urea groups is 1. The Bertz CT molecular complexity index is 864. The van der Waals surface area contributed by atoms with Crippen molar-refractivity contribution in [3.63, 3.8) is 0 Å². The van der Waals surface area contributed by atoms with Crippen molar-refractivity contribution in [3.8, 4) is 5.69 Å². The van der Waals surface area contributed by atoms with Crippen LogP contribution in [0, 0.1) is 20.8 Å². The molecule has 2 aromatic carbocycles. The molecule has 2 amide bonds. The Morgan fingerprint density at radius 3 is 2.32 bits per heavy atom. The van der Waals surface area contributed by atoms with Gasteiger partial charge < -0.3 is 15.2 Å². The van der Waals surface area contributed by atoms with Crippen molar-refractivity contribution in [1.82, 2.24) is 9.88 Å². The third kappa shape index (κ3) is 3.91. The molecular weight excluding hydrogens is 310 g/mol. The summed E-state index contributed by atoms with van der Waals surface area (Å²) in [6, 6.07) is 19.9. The SMILES string of the molecule is Cc1ccc(NC(=O)NCc2cc(C)n(-c3ccccc3)c2C)cc1. The van der Waals surface area contributed by atoms with E-state index in [9.17, 15) is 4.79 Å². The lowest BCUT2D eigenvalue weighted by atomic mass is 10.2. The van der Waals surface area contributed by atoms with Crippen molar-refractivity contribution >= 4 is 11.7 Å². The number of para-hydroxylation sites is 1. The first-order valence-corrected chi connectivity index (χ1v) is 8.39. The normalized spacial score (nSPS) is 10.5. The fourth-order valence-electron chi connectivity index (χ4n) is 2.97. The van der Waals surface area contributed by atoms with Crippen LogP contribution in [0.1, 0.15) is 22.5 Å². The lowest BCUT2D eigenvalue weighted by Gasteiger charge is -2.11. The maximum atomic E-state index is 12.1. The van der Waals surface area contributed by atoms with E-state index >= 15 is 0 Å². The summed E-state index contributed by atoms with van der Waals surface area (Å²) >= 11 is 0. The molecule has 1 aromatic heterocycles. The first-order valence-electron chi connectivity index (χ1n) is 8.39. The minimum atomic E-state index is -0.201. The molecule has 0 aliphatic carbocycles. The van der Waals surface area contributed by atoms with Gasteiger partial charge in [0.25, 0.3) is 0 Å². The fourth-order valence-corrected chi connectivity index (χ4v) is 2.97. The Morgan fingerprint density at radius 2 is 1.64 bits per heavy atom. The number of nitrogens with one attached hydrogen (secondary N) is 2. The van der Waals surface area contributed by atoms with Gasteiger partial charge >= 0.3 is 6.03 Å². The average molecular weight is 333 g/mol. The highest BCUT2D eigenvalue weighted by molar-refractivity contribution is 5.89. The number of anilines is 1. The van der Waals surface area contributed by atoms with Crippen molar-refractivity contribution in [2.24, 2.45) is 0 Å². The van der Waals surface area contributed by atoms with E-state index in [2.05, 4.69) is 47.2 Å². The van der Waals surface area contributed by atoms with Crippen LogP contribution in [0.2, 0.25) is 0 Å². The molecule has 2 N–H and O–H groups in total. The zero-order valence-corrected chi connectivity index (χ0v) is 14.8. The number of aryl methyl sites for hydroxylation is 2. The largest absolute Gasteiger partial charge is 0.334 e. The summed E-state index contributed by atoms with van der Waals surface area (Å²) in [6.07, 6.45) is 0. The third-order valence-electron chi connectivity index (χ3n) is 4.30. The van der Waals surface area contributed by atoms with E-state index in [0.29, 0.717) is 6.54 Å². The van der Waals surface area contributed by atoms with E-state index in [4.69, 9.17) is 0 Å². The second-order valence-corrected chi connectivity index (χ2v) is 6.24. The number of carbonyl (C=O) groups is 1. The lowest BCUT2D eigenvalue weighted by molar-refractivity contribution is 0.251. The van der Waals surface area contributed by atoms with Crippen LogP contribution in [0.5, 0.6) is 0 Å². The highest BCUT2D eigenvalue weighted by Gasteiger charge is 2.11. The van der Waals surface area contributed by atoms with Gasteiger partial charge in [-0.15, -0.1) is 0 Å². The lowest BCUT2D eigenvalue weighted by Crippen LogP contribution is -2.28. The van der Waals surface area contributed by atoms with Crippen LogP contribution < -0.4 is 10.6 Å². The Kier molecular flexibility index (Phi) is 4.89. The van der Waals surface area contributed by atoms with E-state index in [1.807, 2.05) is 49.4 Å². The zero-order valence-electron chi connectivity index (χ0n) is 14.8. The third-order valence-corrected chi connectivity index (χ3v) is 4.30. The van der Waals surface area contributed by atoms with Crippen LogP contribution in [0.25, 0.3) is 5.69 Å². The minimum absolute atomic E-state index is 0.201. The standard InChI is InChI=1S/C21H23N3O/c1-15-9-11-19(12-10-15)23-21(25)22-14-18-13-16(2)24(17(18)3)20-7-5-4-6-8-20/h4-13H,14H2,1-3H3,(H2,22,23,25). The van der Waals surface area contributed by atoms with Crippen LogP contribution in [0.3, 0.4) is 0 Å². The van der Waals surface area contributed by atoms with Crippen molar-refractivity contribution in [1.29, 1.82) is 0 Å². The molecule has 0 aliphatic rings. The monoisotopic (exact) mass is 333 g/mol. The molecule has 4 nitrogen and oxygen atoms in total. The molecular formula is C21H23N3O. The number of aromatic nitrogens is 1. The Hall–Kier alpha value is -3.01. The first kappa shape index (κ1) is 16.8. The highest BCUT2D eigenvalue weighted by atomic mass is 16.2. The van der Waals surface area contributed by atoms with E-state index in [-0.39, 0.29) is 6.03 Å². The van der Waals surface area contributed by atoms with Gasteiger partial charge in [0.1, 0.15) is 0 Å². The number of rotatable bonds is 4. The molecule has 128 valence electrons. The Morgan fingerprint density at radius 1 is 0.960 bits per heavy atom. The van der Waals surface area contributed by atoms with Gasteiger partial charge in [-0.2, -0.15) is 0 Å². The van der Waals surface area contributed by atoms with Crippen LogP contribution in [-0.2, 0) is 6.54 Å². The number of carbonyl (C=O) groups excluding carboxylic acids is 1. The Labute approximate surface area is 148 Å². The van der Waals surface area contributed by atoms with E-state index in [1.54, 1.807) is 0 Å². The molecule has 0 fully saturated rings. The molecule has 1 heterocycles. The molecule has 0 radical (unpaired) electrons. The summed E-state index contributed by atoms with van der Waals surface area (Å²) in [7, 11) is 0. The number of benzene rings is 2. The number of hydrogen-bond acceptors (Lipinski definition) is 1. The Balaban J connectivity index is 1.67. The van der Waals surface area contributed by atoms with E-state index in [1.165, 1.54) is 5.56 Å². The summed E-state index contributed by atoms with van der Waals surface area (Å²) in [5, 5.41) is 5.79. The molecule has 0 spiro atoms. The first-order chi connectivity index (χ1) is 12.0. The zero-order chi connectivity index (χ0) is 17.8. The van der Waals surface area contributed by atoms with Crippen LogP contribution >= 0.6 is 0 Å². The second kappa shape index (κ2) is 7.26. The van der Waals surface area contributed by atoms with Gasteiger partial charge in [0, 0.05) is 29.3 Å². The fraction of sp³-hybridized carbons (Fsp3) is 0.190. The summed E-state index contributed by atoms with van der Waals surface area (Å²) in [5.74, 6) is 0. The maximum Gasteiger partial charge on any atom is 0.319 e. The summed E-state index contributed by atoms with van der Waals surface area (Å²) in [6.45, 7) is 6.67. The molecule has 0 unspecified atom stereocenters. The highest BCUT2D eigenvalue weighted by Crippen LogP contribution is 2.20. The molecule has 0 saturated heterocycles.